The molecule has 0 nitrogen and oxygen atoms in total. The highest BCUT2D eigenvalue weighted by atomic mass is 14.3. The molecule has 0 heterocycles. The minimum absolute atomic E-state index is 0.316. The fraction of sp³-hybridized carbons (Fsp3) is 0.833. The first-order valence-corrected chi connectivity index (χ1v) is 4.88. The van der Waals surface area contributed by atoms with E-state index in [9.17, 15) is 0 Å². The number of rotatable bonds is 1. The second kappa shape index (κ2) is 4.55. The van der Waals surface area contributed by atoms with Crippen molar-refractivity contribution in [2.75, 3.05) is 0 Å². The van der Waals surface area contributed by atoms with Crippen molar-refractivity contribution < 1.29 is 0 Å². The Bertz CT molecular complexity index is 170. The van der Waals surface area contributed by atoms with Crippen molar-refractivity contribution in [3.8, 4) is 11.8 Å². The summed E-state index contributed by atoms with van der Waals surface area (Å²) in [5, 5.41) is 0. The van der Waals surface area contributed by atoms with E-state index in [-0.39, 0.29) is 0 Å². The molecule has 0 amide bonds. The molecular formula is C12H22. The van der Waals surface area contributed by atoms with Gasteiger partial charge >= 0.3 is 0 Å². The fourth-order valence-corrected chi connectivity index (χ4v) is 1.60. The molecule has 0 saturated heterocycles. The topological polar surface area (TPSA) is 0 Å². The average Bonchev–Trinajstić information content (AvgIpc) is 1.84. The van der Waals surface area contributed by atoms with E-state index < -0.39 is 0 Å². The van der Waals surface area contributed by atoms with E-state index in [1.165, 1.54) is 0 Å². The molecule has 0 radical (unpaired) electrons. The van der Waals surface area contributed by atoms with Crippen molar-refractivity contribution in [1.82, 2.24) is 0 Å². The molecule has 0 aliphatic carbocycles. The first-order valence-electron chi connectivity index (χ1n) is 4.88. The zero-order valence-electron chi connectivity index (χ0n) is 9.36. The summed E-state index contributed by atoms with van der Waals surface area (Å²) in [6.07, 6.45) is 0.972. The lowest BCUT2D eigenvalue weighted by Crippen LogP contribution is -2.23. The van der Waals surface area contributed by atoms with Crippen molar-refractivity contribution in [2.24, 2.45) is 17.3 Å². The van der Waals surface area contributed by atoms with Crippen LogP contribution in [0, 0.1) is 29.1 Å². The monoisotopic (exact) mass is 166 g/mol. The van der Waals surface area contributed by atoms with Crippen LogP contribution in [0.3, 0.4) is 0 Å². The van der Waals surface area contributed by atoms with Crippen LogP contribution in [0.15, 0.2) is 0 Å². The van der Waals surface area contributed by atoms with Gasteiger partial charge in [-0.25, -0.2) is 0 Å². The molecular weight excluding hydrogens is 144 g/mol. The highest BCUT2D eigenvalue weighted by Gasteiger charge is 2.25. The van der Waals surface area contributed by atoms with E-state index >= 15 is 0 Å². The molecule has 0 heteroatoms. The van der Waals surface area contributed by atoms with Crippen LogP contribution in [-0.4, -0.2) is 0 Å². The predicted octanol–water partition coefficient (Wildman–Crippen LogP) is 3.72. The van der Waals surface area contributed by atoms with Gasteiger partial charge in [-0.15, -0.1) is 5.92 Å². The lowest BCUT2D eigenvalue weighted by molar-refractivity contribution is 0.240. The van der Waals surface area contributed by atoms with E-state index in [0.29, 0.717) is 17.3 Å². The summed E-state index contributed by atoms with van der Waals surface area (Å²) in [6.45, 7) is 13.4. The van der Waals surface area contributed by atoms with Crippen molar-refractivity contribution in [3.63, 3.8) is 0 Å². The van der Waals surface area contributed by atoms with E-state index in [1.807, 2.05) is 0 Å². The quantitative estimate of drug-likeness (QED) is 0.521. The molecule has 0 aromatic carbocycles. The van der Waals surface area contributed by atoms with Gasteiger partial charge in [0, 0.05) is 12.3 Å². The van der Waals surface area contributed by atoms with Crippen LogP contribution < -0.4 is 0 Å². The van der Waals surface area contributed by atoms with Gasteiger partial charge in [0.25, 0.3) is 0 Å². The Hall–Kier alpha value is -0.440. The van der Waals surface area contributed by atoms with Gasteiger partial charge in [0.15, 0.2) is 0 Å². The highest BCUT2D eigenvalue weighted by Crippen LogP contribution is 2.31. The van der Waals surface area contributed by atoms with Crippen LogP contribution in [0.1, 0.15) is 48.0 Å². The summed E-state index contributed by atoms with van der Waals surface area (Å²) < 4.78 is 0. The van der Waals surface area contributed by atoms with Crippen LogP contribution in [0.5, 0.6) is 0 Å². The third-order valence-electron chi connectivity index (χ3n) is 2.03. The third-order valence-corrected chi connectivity index (χ3v) is 2.03. The molecule has 0 aromatic heterocycles. The molecule has 0 bridgehead atoms. The van der Waals surface area contributed by atoms with Crippen LogP contribution in [0.2, 0.25) is 0 Å². The highest BCUT2D eigenvalue weighted by molar-refractivity contribution is 5.07. The van der Waals surface area contributed by atoms with Crippen molar-refractivity contribution in [1.29, 1.82) is 0 Å². The molecule has 0 aliphatic rings. The second-order valence-electron chi connectivity index (χ2n) is 4.76. The van der Waals surface area contributed by atoms with Gasteiger partial charge in [0.1, 0.15) is 0 Å². The summed E-state index contributed by atoms with van der Waals surface area (Å²) >= 11 is 0. The number of hydrogen-bond acceptors (Lipinski definition) is 0. The maximum Gasteiger partial charge on any atom is 0.0274 e. The van der Waals surface area contributed by atoms with E-state index in [2.05, 4.69) is 53.4 Å². The van der Waals surface area contributed by atoms with Gasteiger partial charge in [0.05, 0.1) is 0 Å². The molecule has 12 heavy (non-hydrogen) atoms. The molecule has 0 fully saturated rings. The molecule has 0 spiro atoms. The Balaban J connectivity index is 4.46. The summed E-state index contributed by atoms with van der Waals surface area (Å²) in [4.78, 5) is 0. The molecule has 0 N–H and O–H groups in total. The summed E-state index contributed by atoms with van der Waals surface area (Å²) in [5.74, 6) is 7.73. The van der Waals surface area contributed by atoms with Crippen LogP contribution in [0.4, 0.5) is 0 Å². The van der Waals surface area contributed by atoms with E-state index in [1.54, 1.807) is 0 Å². The molecule has 1 atom stereocenters. The van der Waals surface area contributed by atoms with Gasteiger partial charge in [-0.05, 0) is 11.3 Å². The Kier molecular flexibility index (Phi) is 4.39. The normalized spacial score (nSPS) is 13.9. The standard InChI is InChI=1S/C12H22/c1-7-8-9-11(10(2)3)12(4,5)6/h10-11H,7H2,1-6H3. The zero-order chi connectivity index (χ0) is 9.78. The van der Waals surface area contributed by atoms with Gasteiger partial charge in [-0.3, -0.25) is 0 Å². The predicted molar refractivity (Wildman–Crippen MR) is 55.9 cm³/mol. The molecule has 0 saturated carbocycles. The minimum Gasteiger partial charge on any atom is -0.103 e. The first-order chi connectivity index (χ1) is 5.39. The van der Waals surface area contributed by atoms with Gasteiger partial charge in [0.2, 0.25) is 0 Å². The van der Waals surface area contributed by atoms with E-state index in [0.717, 1.165) is 6.42 Å². The summed E-state index contributed by atoms with van der Waals surface area (Å²) in [6, 6.07) is 0. The van der Waals surface area contributed by atoms with Crippen molar-refractivity contribution >= 4 is 0 Å². The summed E-state index contributed by atoms with van der Waals surface area (Å²) in [5.41, 5.74) is 0.316. The molecule has 70 valence electrons. The second-order valence-corrected chi connectivity index (χ2v) is 4.76. The van der Waals surface area contributed by atoms with Crippen molar-refractivity contribution in [2.45, 2.75) is 48.0 Å². The maximum atomic E-state index is 3.36. The van der Waals surface area contributed by atoms with Crippen molar-refractivity contribution in [3.05, 3.63) is 0 Å². The SMILES string of the molecule is CCC#CC(C(C)C)C(C)(C)C. The largest absolute Gasteiger partial charge is 0.103 e. The minimum atomic E-state index is 0.316. The van der Waals surface area contributed by atoms with Gasteiger partial charge < -0.3 is 0 Å². The number of hydrogen-bond donors (Lipinski definition) is 0. The summed E-state index contributed by atoms with van der Waals surface area (Å²) in [7, 11) is 0. The zero-order valence-corrected chi connectivity index (χ0v) is 9.36. The Labute approximate surface area is 77.8 Å². The Morgan fingerprint density at radius 1 is 1.17 bits per heavy atom. The molecule has 0 rings (SSSR count). The maximum absolute atomic E-state index is 3.36. The van der Waals surface area contributed by atoms with Crippen LogP contribution >= 0.6 is 0 Å². The van der Waals surface area contributed by atoms with Crippen LogP contribution in [-0.2, 0) is 0 Å². The third kappa shape index (κ3) is 3.81. The Morgan fingerprint density at radius 3 is 1.92 bits per heavy atom. The van der Waals surface area contributed by atoms with Gasteiger partial charge in [-0.2, -0.15) is 0 Å². The molecule has 0 aromatic rings. The fourth-order valence-electron chi connectivity index (χ4n) is 1.60. The van der Waals surface area contributed by atoms with Gasteiger partial charge in [-0.1, -0.05) is 47.5 Å². The lowest BCUT2D eigenvalue weighted by Gasteiger charge is -2.29. The Morgan fingerprint density at radius 2 is 1.67 bits per heavy atom. The lowest BCUT2D eigenvalue weighted by atomic mass is 9.75. The van der Waals surface area contributed by atoms with E-state index in [4.69, 9.17) is 0 Å². The van der Waals surface area contributed by atoms with Crippen LogP contribution in [0.25, 0.3) is 0 Å². The molecule has 1 unspecified atom stereocenters. The smallest absolute Gasteiger partial charge is 0.0274 e. The average molecular weight is 166 g/mol. The molecule has 0 aliphatic heterocycles. The first kappa shape index (κ1) is 11.6.